The molecule has 3 aromatic rings. The number of hydrogen-bond donors (Lipinski definition) is 0. The summed E-state index contributed by atoms with van der Waals surface area (Å²) in [4.78, 5) is 10.1. The van der Waals surface area contributed by atoms with E-state index in [1.807, 2.05) is 0 Å². The number of anilines is 1. The molecule has 1 atom stereocenters. The van der Waals surface area contributed by atoms with E-state index in [-0.39, 0.29) is 21.8 Å². The van der Waals surface area contributed by atoms with E-state index < -0.39 is 26.8 Å². The fourth-order valence-corrected chi connectivity index (χ4v) is 4.74. The summed E-state index contributed by atoms with van der Waals surface area (Å²) in [5.41, 5.74) is 0.221. The number of halogens is 1. The molecule has 0 heterocycles. The smallest absolute Gasteiger partial charge is 0.269 e. The van der Waals surface area contributed by atoms with E-state index in [1.54, 1.807) is 31.2 Å². The zero-order chi connectivity index (χ0) is 21.9. The third-order valence-electron chi connectivity index (χ3n) is 4.62. The molecular formula is C21H19FN2O5S. The van der Waals surface area contributed by atoms with Crippen LogP contribution in [0.15, 0.2) is 77.7 Å². The lowest BCUT2D eigenvalue weighted by Gasteiger charge is -2.31. The number of nitrogens with zero attached hydrogens (tertiary/aromatic N) is 2. The summed E-state index contributed by atoms with van der Waals surface area (Å²) in [5, 5.41) is 10.9. The van der Waals surface area contributed by atoms with Gasteiger partial charge in [0.05, 0.1) is 28.7 Å². The minimum atomic E-state index is -4.20. The van der Waals surface area contributed by atoms with E-state index in [1.165, 1.54) is 31.4 Å². The summed E-state index contributed by atoms with van der Waals surface area (Å²) in [6, 6.07) is 15.9. The summed E-state index contributed by atoms with van der Waals surface area (Å²) in [5.74, 6) is -0.117. The van der Waals surface area contributed by atoms with Gasteiger partial charge in [0.2, 0.25) is 0 Å². The van der Waals surface area contributed by atoms with Gasteiger partial charge in [-0.05, 0) is 37.3 Å². The van der Waals surface area contributed by atoms with Gasteiger partial charge in [-0.15, -0.1) is 0 Å². The standard InChI is InChI=1S/C21H19FN2O5S/c1-15(20-8-3-4-9-21(20)22)23(17-6-5-7-18(14-17)29-2)30(27,28)19-12-10-16(11-13-19)24(25)26/h3-15H,1-2H3/t15-/m1/s1. The molecule has 0 aliphatic heterocycles. The lowest BCUT2D eigenvalue weighted by molar-refractivity contribution is -0.384. The van der Waals surface area contributed by atoms with Crippen molar-refractivity contribution in [2.75, 3.05) is 11.4 Å². The number of sulfonamides is 1. The monoisotopic (exact) mass is 430 g/mol. The molecule has 0 aliphatic rings. The molecule has 9 heteroatoms. The van der Waals surface area contributed by atoms with E-state index >= 15 is 0 Å². The fourth-order valence-electron chi connectivity index (χ4n) is 3.11. The number of hydrogen-bond acceptors (Lipinski definition) is 5. The lowest BCUT2D eigenvalue weighted by Crippen LogP contribution is -2.34. The number of rotatable bonds is 7. The molecule has 156 valence electrons. The molecule has 30 heavy (non-hydrogen) atoms. The van der Waals surface area contributed by atoms with Gasteiger partial charge >= 0.3 is 0 Å². The second-order valence-electron chi connectivity index (χ2n) is 6.45. The molecular weight excluding hydrogens is 411 g/mol. The van der Waals surface area contributed by atoms with Gasteiger partial charge in [-0.2, -0.15) is 0 Å². The van der Waals surface area contributed by atoms with Crippen molar-refractivity contribution in [1.29, 1.82) is 0 Å². The maximum atomic E-state index is 14.5. The van der Waals surface area contributed by atoms with E-state index in [4.69, 9.17) is 4.74 Å². The zero-order valence-corrected chi connectivity index (χ0v) is 17.0. The van der Waals surface area contributed by atoms with Gasteiger partial charge in [0, 0.05) is 23.8 Å². The van der Waals surface area contributed by atoms with Crippen molar-refractivity contribution < 1.29 is 22.5 Å². The third kappa shape index (κ3) is 4.11. The van der Waals surface area contributed by atoms with Crippen LogP contribution in [0, 0.1) is 15.9 Å². The Balaban J connectivity index is 2.17. The van der Waals surface area contributed by atoms with Gasteiger partial charge in [0.1, 0.15) is 11.6 Å². The minimum Gasteiger partial charge on any atom is -0.497 e. The van der Waals surface area contributed by atoms with Crippen molar-refractivity contribution in [2.24, 2.45) is 0 Å². The van der Waals surface area contributed by atoms with E-state index in [2.05, 4.69) is 0 Å². The van der Waals surface area contributed by atoms with E-state index in [0.29, 0.717) is 5.75 Å². The topological polar surface area (TPSA) is 89.8 Å². The van der Waals surface area contributed by atoms with Gasteiger partial charge in [0.15, 0.2) is 0 Å². The van der Waals surface area contributed by atoms with Crippen LogP contribution >= 0.6 is 0 Å². The summed E-state index contributed by atoms with van der Waals surface area (Å²) in [6.45, 7) is 1.57. The van der Waals surface area contributed by atoms with E-state index in [9.17, 15) is 22.9 Å². The molecule has 0 bridgehead atoms. The first-order chi connectivity index (χ1) is 14.3. The molecule has 0 saturated carbocycles. The van der Waals surface area contributed by atoms with Crippen molar-refractivity contribution in [3.05, 3.63) is 94.3 Å². The van der Waals surface area contributed by atoms with Gasteiger partial charge in [-0.1, -0.05) is 24.3 Å². The van der Waals surface area contributed by atoms with E-state index in [0.717, 1.165) is 28.6 Å². The molecule has 0 N–H and O–H groups in total. The average Bonchev–Trinajstić information content (AvgIpc) is 2.74. The first-order valence-electron chi connectivity index (χ1n) is 8.93. The highest BCUT2D eigenvalue weighted by atomic mass is 32.2. The fraction of sp³-hybridized carbons (Fsp3) is 0.143. The maximum absolute atomic E-state index is 14.5. The lowest BCUT2D eigenvalue weighted by atomic mass is 10.1. The Morgan fingerprint density at radius 3 is 2.30 bits per heavy atom. The Labute approximate surface area is 173 Å². The van der Waals surface area contributed by atoms with Crippen LogP contribution in [0.4, 0.5) is 15.8 Å². The minimum absolute atomic E-state index is 0.154. The number of nitro benzene ring substituents is 1. The molecule has 0 amide bonds. The number of nitro groups is 1. The van der Waals surface area contributed by atoms with Gasteiger partial charge in [0.25, 0.3) is 15.7 Å². The van der Waals surface area contributed by atoms with Gasteiger partial charge < -0.3 is 4.74 Å². The van der Waals surface area contributed by atoms with Crippen LogP contribution in [-0.2, 0) is 10.0 Å². The molecule has 7 nitrogen and oxygen atoms in total. The Hall–Kier alpha value is -3.46. The molecule has 0 spiro atoms. The summed E-state index contributed by atoms with van der Waals surface area (Å²) in [6.07, 6.45) is 0. The van der Waals surface area contributed by atoms with Crippen LogP contribution in [-0.4, -0.2) is 20.5 Å². The molecule has 0 fully saturated rings. The molecule has 3 aromatic carbocycles. The molecule has 0 saturated heterocycles. The van der Waals surface area contributed by atoms with Crippen LogP contribution in [0.1, 0.15) is 18.5 Å². The molecule has 3 rings (SSSR count). The largest absolute Gasteiger partial charge is 0.497 e. The van der Waals surface area contributed by atoms with Crippen LogP contribution in [0.25, 0.3) is 0 Å². The third-order valence-corrected chi connectivity index (χ3v) is 6.53. The second-order valence-corrected chi connectivity index (χ2v) is 8.27. The van der Waals surface area contributed by atoms with Gasteiger partial charge in [-0.25, -0.2) is 12.8 Å². The van der Waals surface area contributed by atoms with Crippen LogP contribution in [0.5, 0.6) is 5.75 Å². The Bertz CT molecular complexity index is 1170. The number of benzene rings is 3. The van der Waals surface area contributed by atoms with Crippen LogP contribution in [0.2, 0.25) is 0 Å². The Kier molecular flexibility index (Phi) is 6.02. The average molecular weight is 430 g/mol. The van der Waals surface area contributed by atoms with Crippen LogP contribution < -0.4 is 9.04 Å². The summed E-state index contributed by atoms with van der Waals surface area (Å²) in [7, 11) is -2.74. The van der Waals surface area contributed by atoms with Gasteiger partial charge in [-0.3, -0.25) is 14.4 Å². The predicted molar refractivity (Wildman–Crippen MR) is 111 cm³/mol. The summed E-state index contributed by atoms with van der Waals surface area (Å²) >= 11 is 0. The summed E-state index contributed by atoms with van der Waals surface area (Å²) < 4.78 is 47.8. The molecule has 0 unspecified atom stereocenters. The maximum Gasteiger partial charge on any atom is 0.269 e. The predicted octanol–water partition coefficient (Wildman–Crippen LogP) is 4.70. The first kappa shape index (κ1) is 21.3. The molecule has 0 aromatic heterocycles. The highest BCUT2D eigenvalue weighted by molar-refractivity contribution is 7.92. The van der Waals surface area contributed by atoms with Crippen LogP contribution in [0.3, 0.4) is 0 Å². The highest BCUT2D eigenvalue weighted by Gasteiger charge is 2.32. The SMILES string of the molecule is COc1cccc(N([C@H](C)c2ccccc2F)S(=O)(=O)c2ccc([N+](=O)[O-])cc2)c1. The van der Waals surface area contributed by atoms with Crippen molar-refractivity contribution >= 4 is 21.4 Å². The highest BCUT2D eigenvalue weighted by Crippen LogP contribution is 2.36. The van der Waals surface area contributed by atoms with Crippen molar-refractivity contribution in [3.63, 3.8) is 0 Å². The normalized spacial score (nSPS) is 12.2. The quantitative estimate of drug-likeness (QED) is 0.400. The molecule has 0 radical (unpaired) electrons. The second kappa shape index (κ2) is 8.50. The number of methoxy groups -OCH3 is 1. The van der Waals surface area contributed by atoms with Crippen molar-refractivity contribution in [2.45, 2.75) is 17.9 Å². The number of ether oxygens (including phenoxy) is 1. The Morgan fingerprint density at radius 2 is 1.70 bits per heavy atom. The van der Waals surface area contributed by atoms with Crippen molar-refractivity contribution in [1.82, 2.24) is 0 Å². The first-order valence-corrected chi connectivity index (χ1v) is 10.4. The number of non-ortho nitro benzene ring substituents is 1. The van der Waals surface area contributed by atoms with Crippen molar-refractivity contribution in [3.8, 4) is 5.75 Å². The zero-order valence-electron chi connectivity index (χ0n) is 16.2. The molecule has 0 aliphatic carbocycles. The Morgan fingerprint density at radius 1 is 1.03 bits per heavy atom.